The lowest BCUT2D eigenvalue weighted by atomic mass is 10.0. The molecule has 7 heteroatoms. The summed E-state index contributed by atoms with van der Waals surface area (Å²) >= 11 is 0. The Kier molecular flexibility index (Phi) is 5.44. The van der Waals surface area contributed by atoms with Gasteiger partial charge in [0.2, 0.25) is 0 Å². The van der Waals surface area contributed by atoms with E-state index in [2.05, 4.69) is 41.6 Å². The van der Waals surface area contributed by atoms with Crippen LogP contribution in [0, 0.1) is 25.7 Å². The Bertz CT molecular complexity index is 687. The van der Waals surface area contributed by atoms with Crippen LogP contribution < -0.4 is 10.2 Å². The monoisotopic (exact) mass is 357 g/mol. The van der Waals surface area contributed by atoms with E-state index in [0.29, 0.717) is 0 Å². The Morgan fingerprint density at radius 2 is 1.83 bits per heavy atom. The highest BCUT2D eigenvalue weighted by molar-refractivity contribution is 5.85. The number of nitrogens with zero attached hydrogens (tertiary/aromatic N) is 4. The third kappa shape index (κ3) is 2.90. The van der Waals surface area contributed by atoms with Crippen molar-refractivity contribution in [2.24, 2.45) is 11.8 Å². The molecule has 0 unspecified atom stereocenters. The molecule has 2 aromatic rings. The van der Waals surface area contributed by atoms with Crippen molar-refractivity contribution in [3.63, 3.8) is 0 Å². The third-order valence-corrected chi connectivity index (χ3v) is 5.17. The molecule has 0 aromatic carbocycles. The van der Waals surface area contributed by atoms with Crippen LogP contribution in [0.1, 0.15) is 23.9 Å². The van der Waals surface area contributed by atoms with E-state index in [4.69, 9.17) is 10.1 Å². The van der Waals surface area contributed by atoms with E-state index in [1.807, 2.05) is 0 Å². The standard InChI is InChI=1S/C16H23N5.2ClH/c1-4-14-5-15(20-8-12-6-17-7-13(12)9-20)21-16(18-14)10(2)11(3)19-21;;/h5,12-13,17H,4,6-9H2,1-3H3;2*1H/t12-,13+;;. The van der Waals surface area contributed by atoms with Gasteiger partial charge in [0.25, 0.3) is 0 Å². The molecule has 0 saturated carbocycles. The fourth-order valence-electron chi connectivity index (χ4n) is 3.71. The summed E-state index contributed by atoms with van der Waals surface area (Å²) in [5, 5.41) is 8.23. The van der Waals surface area contributed by atoms with Gasteiger partial charge >= 0.3 is 0 Å². The van der Waals surface area contributed by atoms with E-state index in [1.54, 1.807) is 0 Å². The van der Waals surface area contributed by atoms with Gasteiger partial charge in [-0.25, -0.2) is 4.98 Å². The van der Waals surface area contributed by atoms with Crippen LogP contribution >= 0.6 is 24.8 Å². The molecular weight excluding hydrogens is 333 g/mol. The first kappa shape index (κ1) is 18.3. The minimum absolute atomic E-state index is 0. The molecule has 5 nitrogen and oxygen atoms in total. The zero-order valence-corrected chi connectivity index (χ0v) is 15.5. The van der Waals surface area contributed by atoms with Crippen LogP contribution in [-0.4, -0.2) is 40.8 Å². The predicted octanol–water partition coefficient (Wildman–Crippen LogP) is 2.41. The molecule has 2 atom stereocenters. The average molecular weight is 358 g/mol. The summed E-state index contributed by atoms with van der Waals surface area (Å²) in [6.45, 7) is 11.0. The van der Waals surface area contributed by atoms with Crippen molar-refractivity contribution in [2.75, 3.05) is 31.1 Å². The number of nitrogens with one attached hydrogen (secondary N) is 1. The van der Waals surface area contributed by atoms with Gasteiger partial charge in [-0.2, -0.15) is 9.61 Å². The summed E-state index contributed by atoms with van der Waals surface area (Å²) in [4.78, 5) is 7.29. The minimum atomic E-state index is 0. The van der Waals surface area contributed by atoms with Crippen LogP contribution in [0.25, 0.3) is 5.65 Å². The Morgan fingerprint density at radius 1 is 1.17 bits per heavy atom. The average Bonchev–Trinajstić information content (AvgIpc) is 3.13. The molecule has 2 aromatic heterocycles. The maximum Gasteiger partial charge on any atom is 0.160 e. The summed E-state index contributed by atoms with van der Waals surface area (Å²) in [7, 11) is 0. The Hall–Kier alpha value is -1.04. The van der Waals surface area contributed by atoms with Gasteiger partial charge in [-0.1, -0.05) is 6.92 Å². The molecule has 2 aliphatic heterocycles. The molecule has 4 heterocycles. The van der Waals surface area contributed by atoms with Crippen LogP contribution in [0.15, 0.2) is 6.07 Å². The second-order valence-corrected chi connectivity index (χ2v) is 6.49. The van der Waals surface area contributed by atoms with Crippen LogP contribution in [0.4, 0.5) is 5.82 Å². The molecule has 0 bridgehead atoms. The lowest BCUT2D eigenvalue weighted by Crippen LogP contribution is -2.27. The Labute approximate surface area is 149 Å². The third-order valence-electron chi connectivity index (χ3n) is 5.17. The molecule has 0 spiro atoms. The van der Waals surface area contributed by atoms with Crippen LogP contribution in [0.2, 0.25) is 0 Å². The topological polar surface area (TPSA) is 45.5 Å². The highest BCUT2D eigenvalue weighted by atomic mass is 35.5. The summed E-state index contributed by atoms with van der Waals surface area (Å²) in [6.07, 6.45) is 0.968. The Balaban J connectivity index is 0.000000960. The van der Waals surface area contributed by atoms with Crippen molar-refractivity contribution in [3.8, 4) is 0 Å². The fourth-order valence-corrected chi connectivity index (χ4v) is 3.71. The second-order valence-electron chi connectivity index (χ2n) is 6.49. The van der Waals surface area contributed by atoms with Gasteiger partial charge in [0, 0.05) is 43.5 Å². The summed E-state index contributed by atoms with van der Waals surface area (Å²) in [6, 6.07) is 2.23. The molecule has 0 radical (unpaired) electrons. The van der Waals surface area contributed by atoms with E-state index in [9.17, 15) is 0 Å². The molecule has 4 rings (SSSR count). The molecule has 0 aliphatic carbocycles. The maximum atomic E-state index is 4.78. The van der Waals surface area contributed by atoms with E-state index >= 15 is 0 Å². The number of aryl methyl sites for hydroxylation is 3. The number of aromatic nitrogens is 3. The van der Waals surface area contributed by atoms with Crippen LogP contribution in [0.5, 0.6) is 0 Å². The highest BCUT2D eigenvalue weighted by Gasteiger charge is 2.37. The molecule has 23 heavy (non-hydrogen) atoms. The number of fused-ring (bicyclic) bond motifs is 2. The predicted molar refractivity (Wildman–Crippen MR) is 98.4 cm³/mol. The number of rotatable bonds is 2. The molecule has 2 fully saturated rings. The maximum absolute atomic E-state index is 4.78. The fraction of sp³-hybridized carbons (Fsp3) is 0.625. The van der Waals surface area contributed by atoms with Gasteiger partial charge in [0.1, 0.15) is 5.82 Å². The lowest BCUT2D eigenvalue weighted by Gasteiger charge is -2.21. The van der Waals surface area contributed by atoms with Crippen molar-refractivity contribution in [2.45, 2.75) is 27.2 Å². The smallest absolute Gasteiger partial charge is 0.160 e. The second kappa shape index (κ2) is 6.83. The van der Waals surface area contributed by atoms with Crippen LogP contribution in [-0.2, 0) is 6.42 Å². The van der Waals surface area contributed by atoms with Gasteiger partial charge in [-0.15, -0.1) is 24.8 Å². The first-order chi connectivity index (χ1) is 10.2. The van der Waals surface area contributed by atoms with Gasteiger partial charge in [0.15, 0.2) is 5.65 Å². The first-order valence-electron chi connectivity index (χ1n) is 7.99. The van der Waals surface area contributed by atoms with Crippen molar-refractivity contribution in [3.05, 3.63) is 23.0 Å². The molecule has 2 aliphatic rings. The van der Waals surface area contributed by atoms with Gasteiger partial charge in [-0.3, -0.25) is 0 Å². The lowest BCUT2D eigenvalue weighted by molar-refractivity contribution is 0.533. The molecule has 2 saturated heterocycles. The molecule has 128 valence electrons. The SMILES string of the molecule is CCc1cc(N2C[C@H]3CNC[C@H]3C2)n2nc(C)c(C)c2n1.Cl.Cl. The quantitative estimate of drug-likeness (QED) is 0.896. The molecule has 1 N–H and O–H groups in total. The van der Waals surface area contributed by atoms with Crippen molar-refractivity contribution in [1.29, 1.82) is 0 Å². The normalized spacial score (nSPS) is 22.8. The Morgan fingerprint density at radius 3 is 2.43 bits per heavy atom. The highest BCUT2D eigenvalue weighted by Crippen LogP contribution is 2.31. The number of hydrogen-bond acceptors (Lipinski definition) is 4. The molecule has 0 amide bonds. The van der Waals surface area contributed by atoms with E-state index in [1.165, 1.54) is 11.4 Å². The van der Waals surface area contributed by atoms with Crippen molar-refractivity contribution >= 4 is 36.3 Å². The largest absolute Gasteiger partial charge is 0.356 e. The van der Waals surface area contributed by atoms with Gasteiger partial charge in [0.05, 0.1) is 5.69 Å². The summed E-state index contributed by atoms with van der Waals surface area (Å²) in [5.74, 6) is 2.80. The van der Waals surface area contributed by atoms with E-state index in [0.717, 1.165) is 61.5 Å². The van der Waals surface area contributed by atoms with Gasteiger partial charge < -0.3 is 10.2 Å². The zero-order chi connectivity index (χ0) is 14.6. The van der Waals surface area contributed by atoms with Crippen molar-refractivity contribution in [1.82, 2.24) is 19.9 Å². The first-order valence-corrected chi connectivity index (χ1v) is 7.99. The summed E-state index contributed by atoms with van der Waals surface area (Å²) in [5.41, 5.74) is 4.47. The zero-order valence-electron chi connectivity index (χ0n) is 13.9. The van der Waals surface area contributed by atoms with E-state index < -0.39 is 0 Å². The number of halogens is 2. The molecular formula is C16H25Cl2N5. The number of anilines is 1. The minimum Gasteiger partial charge on any atom is -0.356 e. The van der Waals surface area contributed by atoms with Gasteiger partial charge in [-0.05, 0) is 32.1 Å². The summed E-state index contributed by atoms with van der Waals surface area (Å²) < 4.78 is 2.05. The van der Waals surface area contributed by atoms with Crippen LogP contribution in [0.3, 0.4) is 0 Å². The number of hydrogen-bond donors (Lipinski definition) is 1. The van der Waals surface area contributed by atoms with E-state index in [-0.39, 0.29) is 24.8 Å². The van der Waals surface area contributed by atoms with Crippen molar-refractivity contribution < 1.29 is 0 Å².